The largest absolute Gasteiger partial charge is 0.573 e. The number of hydrogen-bond donors (Lipinski definition) is 2. The Morgan fingerprint density at radius 1 is 1.21 bits per heavy atom. The van der Waals surface area contributed by atoms with Crippen LogP contribution in [0.3, 0.4) is 0 Å². The number of alkyl halides is 3. The molecule has 0 saturated carbocycles. The van der Waals surface area contributed by atoms with E-state index in [1.807, 2.05) is 0 Å². The van der Waals surface area contributed by atoms with E-state index in [9.17, 15) is 23.2 Å². The zero-order valence-corrected chi connectivity index (χ0v) is 12.2. The van der Waals surface area contributed by atoms with Crippen molar-refractivity contribution in [1.29, 1.82) is 0 Å². The van der Waals surface area contributed by atoms with Crippen molar-refractivity contribution in [3.63, 3.8) is 0 Å². The summed E-state index contributed by atoms with van der Waals surface area (Å²) >= 11 is 0. The van der Waals surface area contributed by atoms with Crippen molar-refractivity contribution >= 4 is 11.6 Å². The maximum absolute atomic E-state index is 12.5. The topological polar surface area (TPSA) is 75.8 Å². The molecular formula is C16H13F3N2O3. The average Bonchev–Trinajstić information content (AvgIpc) is 2.52. The van der Waals surface area contributed by atoms with Crippen molar-refractivity contribution < 1.29 is 27.9 Å². The van der Waals surface area contributed by atoms with E-state index >= 15 is 0 Å². The number of halogens is 3. The van der Waals surface area contributed by atoms with Crippen LogP contribution >= 0.6 is 0 Å². The molecule has 1 unspecified atom stereocenters. The Kier molecular flexibility index (Phi) is 3.94. The number of amides is 1. The average molecular weight is 338 g/mol. The first-order valence-electron chi connectivity index (χ1n) is 7.03. The highest BCUT2D eigenvalue weighted by molar-refractivity contribution is 5.98. The Balaban J connectivity index is 2.05. The zero-order valence-electron chi connectivity index (χ0n) is 12.2. The van der Waals surface area contributed by atoms with Crippen molar-refractivity contribution in [2.75, 3.05) is 5.06 Å². The minimum absolute atomic E-state index is 0.188. The van der Waals surface area contributed by atoms with Gasteiger partial charge in [0.2, 0.25) is 0 Å². The summed E-state index contributed by atoms with van der Waals surface area (Å²) in [6.07, 6.45) is -4.58. The van der Waals surface area contributed by atoms with Crippen molar-refractivity contribution in [3.8, 4) is 16.9 Å². The van der Waals surface area contributed by atoms with E-state index in [1.54, 1.807) is 18.2 Å². The van der Waals surface area contributed by atoms with Gasteiger partial charge in [0.15, 0.2) is 0 Å². The van der Waals surface area contributed by atoms with E-state index in [0.29, 0.717) is 16.2 Å². The molecule has 126 valence electrons. The zero-order chi connectivity index (χ0) is 17.5. The van der Waals surface area contributed by atoms with Crippen molar-refractivity contribution in [2.45, 2.75) is 18.8 Å². The fourth-order valence-electron chi connectivity index (χ4n) is 2.62. The van der Waals surface area contributed by atoms with E-state index in [2.05, 4.69) is 4.74 Å². The van der Waals surface area contributed by atoms with Crippen LogP contribution in [0.2, 0.25) is 0 Å². The third kappa shape index (κ3) is 3.06. The van der Waals surface area contributed by atoms with Crippen LogP contribution in [0.1, 0.15) is 5.56 Å². The molecule has 2 aromatic carbocycles. The lowest BCUT2D eigenvalue weighted by atomic mass is 9.95. The molecule has 5 nitrogen and oxygen atoms in total. The number of ether oxygens (including phenoxy) is 1. The minimum Gasteiger partial charge on any atom is -0.405 e. The number of hydrogen-bond acceptors (Lipinski definition) is 4. The van der Waals surface area contributed by atoms with Crippen molar-refractivity contribution in [3.05, 3.63) is 48.0 Å². The standard InChI is InChI=1S/C16H13F3N2O3/c17-16(18,19)24-14-4-2-1-3-11(14)9-5-6-10-7-12(20)15(22)21(23)13(10)8-9/h1-6,8,12,23H,7,20H2. The molecule has 1 heterocycles. The molecule has 1 amide bonds. The second-order valence-electron chi connectivity index (χ2n) is 5.35. The molecule has 0 aliphatic carbocycles. The van der Waals surface area contributed by atoms with Gasteiger partial charge in [-0.05, 0) is 29.7 Å². The summed E-state index contributed by atoms with van der Waals surface area (Å²) in [7, 11) is 0. The lowest BCUT2D eigenvalue weighted by Gasteiger charge is -2.28. The molecule has 3 N–H and O–H groups in total. The van der Waals surface area contributed by atoms with Crippen LogP contribution in [0.15, 0.2) is 42.5 Å². The minimum atomic E-state index is -4.82. The van der Waals surface area contributed by atoms with Gasteiger partial charge in [-0.1, -0.05) is 30.3 Å². The van der Waals surface area contributed by atoms with E-state index in [0.717, 1.165) is 0 Å². The number of nitrogens with zero attached hydrogens (tertiary/aromatic N) is 1. The summed E-state index contributed by atoms with van der Waals surface area (Å²) in [6.45, 7) is 0. The maximum atomic E-state index is 12.5. The highest BCUT2D eigenvalue weighted by atomic mass is 19.4. The number of benzene rings is 2. The number of para-hydroxylation sites is 1. The van der Waals surface area contributed by atoms with Crippen molar-refractivity contribution in [1.82, 2.24) is 0 Å². The molecule has 8 heteroatoms. The quantitative estimate of drug-likeness (QED) is 0.826. The number of carbonyl (C=O) groups excluding carboxylic acids is 1. The Labute approximate surface area is 135 Å². The summed E-state index contributed by atoms with van der Waals surface area (Å²) in [5.41, 5.74) is 7.01. The van der Waals surface area contributed by atoms with Gasteiger partial charge >= 0.3 is 6.36 Å². The molecule has 1 aliphatic heterocycles. The van der Waals surface area contributed by atoms with E-state index in [4.69, 9.17) is 5.73 Å². The molecule has 0 bridgehead atoms. The third-order valence-electron chi connectivity index (χ3n) is 3.70. The highest BCUT2D eigenvalue weighted by Gasteiger charge is 2.33. The van der Waals surface area contributed by atoms with Crippen LogP contribution < -0.4 is 15.5 Å². The highest BCUT2D eigenvalue weighted by Crippen LogP contribution is 2.37. The number of hydroxylamine groups is 1. The molecule has 2 aromatic rings. The molecule has 24 heavy (non-hydrogen) atoms. The second kappa shape index (κ2) is 5.81. The van der Waals surface area contributed by atoms with Gasteiger partial charge in [-0.3, -0.25) is 10.0 Å². The molecule has 1 aliphatic rings. The van der Waals surface area contributed by atoms with Gasteiger partial charge in [0, 0.05) is 5.56 Å². The fourth-order valence-corrected chi connectivity index (χ4v) is 2.62. The molecule has 3 rings (SSSR count). The first-order valence-corrected chi connectivity index (χ1v) is 7.03. The fraction of sp³-hybridized carbons (Fsp3) is 0.188. The first kappa shape index (κ1) is 16.3. The van der Waals surface area contributed by atoms with Gasteiger partial charge in [-0.15, -0.1) is 13.2 Å². The van der Waals surface area contributed by atoms with Crippen LogP contribution in [0.4, 0.5) is 18.9 Å². The molecular weight excluding hydrogens is 325 g/mol. The lowest BCUT2D eigenvalue weighted by Crippen LogP contribution is -2.47. The predicted octanol–water partition coefficient (Wildman–Crippen LogP) is 2.86. The number of carbonyl (C=O) groups is 1. The summed E-state index contributed by atoms with van der Waals surface area (Å²) in [6, 6.07) is 9.42. The van der Waals surface area contributed by atoms with Gasteiger partial charge in [-0.2, -0.15) is 5.06 Å². The number of fused-ring (bicyclic) bond motifs is 1. The summed E-state index contributed by atoms with van der Waals surface area (Å²) in [5.74, 6) is -1.03. The molecule has 0 aromatic heterocycles. The SMILES string of the molecule is NC1Cc2ccc(-c3ccccc3OC(F)(F)F)cc2N(O)C1=O. The Morgan fingerprint density at radius 3 is 2.62 bits per heavy atom. The van der Waals surface area contributed by atoms with Crippen molar-refractivity contribution in [2.24, 2.45) is 5.73 Å². The van der Waals surface area contributed by atoms with Crippen LogP contribution in [0.5, 0.6) is 5.75 Å². The summed E-state index contributed by atoms with van der Waals surface area (Å²) in [4.78, 5) is 11.8. The van der Waals surface area contributed by atoms with Crippen LogP contribution in [0, 0.1) is 0 Å². The Bertz CT molecular complexity index is 792. The van der Waals surface area contributed by atoms with Gasteiger partial charge in [-0.25, -0.2) is 0 Å². The van der Waals surface area contributed by atoms with E-state index in [-0.39, 0.29) is 23.4 Å². The smallest absolute Gasteiger partial charge is 0.405 e. The summed E-state index contributed by atoms with van der Waals surface area (Å²) < 4.78 is 41.6. The number of rotatable bonds is 2. The van der Waals surface area contributed by atoms with Gasteiger partial charge < -0.3 is 10.5 Å². The number of nitrogens with two attached hydrogens (primary N) is 1. The summed E-state index contributed by atoms with van der Waals surface area (Å²) in [5, 5.41) is 10.4. The van der Waals surface area contributed by atoms with Gasteiger partial charge in [0.1, 0.15) is 5.75 Å². The molecule has 0 radical (unpaired) electrons. The van der Waals surface area contributed by atoms with Crippen LogP contribution in [-0.2, 0) is 11.2 Å². The maximum Gasteiger partial charge on any atom is 0.573 e. The van der Waals surface area contributed by atoms with Crippen LogP contribution in [-0.4, -0.2) is 23.5 Å². The molecule has 0 spiro atoms. The van der Waals surface area contributed by atoms with E-state index in [1.165, 1.54) is 24.3 Å². The first-order chi connectivity index (χ1) is 11.3. The van der Waals surface area contributed by atoms with Gasteiger partial charge in [0.05, 0.1) is 11.7 Å². The monoisotopic (exact) mass is 338 g/mol. The normalized spacial score (nSPS) is 17.6. The second-order valence-corrected chi connectivity index (χ2v) is 5.35. The molecule has 0 saturated heterocycles. The lowest BCUT2D eigenvalue weighted by molar-refractivity contribution is -0.274. The van der Waals surface area contributed by atoms with Gasteiger partial charge in [0.25, 0.3) is 5.91 Å². The Hall–Kier alpha value is -2.58. The molecule has 0 fully saturated rings. The van der Waals surface area contributed by atoms with E-state index < -0.39 is 18.3 Å². The Morgan fingerprint density at radius 2 is 1.92 bits per heavy atom. The third-order valence-corrected chi connectivity index (χ3v) is 3.70. The number of anilines is 1. The van der Waals surface area contributed by atoms with Crippen LogP contribution in [0.25, 0.3) is 11.1 Å². The molecule has 1 atom stereocenters. The predicted molar refractivity (Wildman–Crippen MR) is 79.5 cm³/mol.